The van der Waals surface area contributed by atoms with E-state index in [1.807, 2.05) is 54.6 Å². The molecule has 2 atom stereocenters. The van der Waals surface area contributed by atoms with E-state index in [9.17, 15) is 14.7 Å². The van der Waals surface area contributed by atoms with Crippen molar-refractivity contribution in [2.75, 3.05) is 0 Å². The van der Waals surface area contributed by atoms with Crippen molar-refractivity contribution in [2.45, 2.75) is 50.6 Å². The summed E-state index contributed by atoms with van der Waals surface area (Å²) in [7, 11) is 0. The number of aromatic nitrogens is 6. The minimum atomic E-state index is -1.18. The lowest BCUT2D eigenvalue weighted by atomic mass is 9.83. The Balaban J connectivity index is 1.38. The fourth-order valence-electron chi connectivity index (χ4n) is 5.69. The number of aliphatic carboxylic acids is 1. The number of aromatic amines is 1. The van der Waals surface area contributed by atoms with Crippen LogP contribution in [0.3, 0.4) is 0 Å². The van der Waals surface area contributed by atoms with Crippen LogP contribution in [0.15, 0.2) is 65.5 Å². The molecule has 7 rings (SSSR count). The molecule has 9 nitrogen and oxygen atoms in total. The average molecular weight is 483 g/mol. The fourth-order valence-corrected chi connectivity index (χ4v) is 5.69. The third-order valence-corrected chi connectivity index (χ3v) is 7.41. The number of hydrogen-bond donors (Lipinski definition) is 2. The van der Waals surface area contributed by atoms with Crippen LogP contribution < -0.4 is 5.56 Å². The van der Waals surface area contributed by atoms with Crippen LogP contribution in [0.1, 0.15) is 49.0 Å². The van der Waals surface area contributed by atoms with E-state index in [-0.39, 0.29) is 11.6 Å². The van der Waals surface area contributed by atoms with Crippen molar-refractivity contribution >= 4 is 5.97 Å². The van der Waals surface area contributed by atoms with E-state index in [2.05, 4.69) is 27.5 Å². The van der Waals surface area contributed by atoms with Crippen molar-refractivity contribution < 1.29 is 9.90 Å². The number of fused-ring (bicyclic) bond motifs is 1. The standard InChI is InChI=1S/C27H26N6O3/c1-2-5-23-22(25(34)32-19-12-14-27(15-13-19,26(35)36)33(23)32)16-17-8-10-18(11-9-17)20-6-3-4-7-21(20)24-28-30-31-29-24/h3-4,6-12,14,19H,2,5,13,15-16H2,1H3,(H,35,36)(H,28,29,30,31). The normalized spacial score (nSPS) is 20.0. The highest BCUT2D eigenvalue weighted by Crippen LogP contribution is 2.42. The largest absolute Gasteiger partial charge is 0.479 e. The van der Waals surface area contributed by atoms with Crippen molar-refractivity contribution in [1.82, 2.24) is 30.0 Å². The number of carboxylic acids is 1. The molecule has 9 heteroatoms. The highest BCUT2D eigenvalue weighted by atomic mass is 16.4. The summed E-state index contributed by atoms with van der Waals surface area (Å²) >= 11 is 0. The summed E-state index contributed by atoms with van der Waals surface area (Å²) in [5.74, 6) is -0.379. The van der Waals surface area contributed by atoms with Gasteiger partial charge in [-0.25, -0.2) is 9.48 Å². The second-order valence-electron chi connectivity index (χ2n) is 9.49. The molecule has 2 aromatic carbocycles. The zero-order chi connectivity index (χ0) is 24.9. The van der Waals surface area contributed by atoms with Gasteiger partial charge in [0.05, 0.1) is 6.04 Å². The van der Waals surface area contributed by atoms with Crippen molar-refractivity contribution in [3.63, 3.8) is 0 Å². The van der Waals surface area contributed by atoms with Gasteiger partial charge in [-0.2, -0.15) is 5.21 Å². The minimum absolute atomic E-state index is 0.0790. The summed E-state index contributed by atoms with van der Waals surface area (Å²) in [4.78, 5) is 26.0. The van der Waals surface area contributed by atoms with Crippen molar-refractivity contribution in [1.29, 1.82) is 0 Å². The number of H-pyrrole nitrogens is 1. The average Bonchev–Trinajstić information content (AvgIpc) is 3.54. The smallest absolute Gasteiger partial charge is 0.335 e. The van der Waals surface area contributed by atoms with Gasteiger partial charge in [0.25, 0.3) is 5.56 Å². The molecular formula is C27H26N6O3. The molecule has 0 fully saturated rings. The lowest BCUT2D eigenvalue weighted by Gasteiger charge is -2.42. The van der Waals surface area contributed by atoms with Gasteiger partial charge >= 0.3 is 5.97 Å². The Morgan fingerprint density at radius 3 is 2.58 bits per heavy atom. The maximum atomic E-state index is 13.6. The number of tetrazole rings is 1. The lowest BCUT2D eigenvalue weighted by Crippen LogP contribution is -2.52. The van der Waals surface area contributed by atoms with Crippen LogP contribution in [0.4, 0.5) is 0 Å². The third-order valence-electron chi connectivity index (χ3n) is 7.41. The Hall–Kier alpha value is -4.27. The second-order valence-corrected chi connectivity index (χ2v) is 9.49. The van der Waals surface area contributed by atoms with Crippen LogP contribution in [-0.2, 0) is 23.2 Å². The molecule has 0 saturated heterocycles. The van der Waals surface area contributed by atoms with Crippen LogP contribution in [0.5, 0.6) is 0 Å². The molecule has 3 aliphatic rings. The van der Waals surface area contributed by atoms with Gasteiger partial charge in [-0.3, -0.25) is 9.48 Å². The molecule has 0 radical (unpaired) electrons. The number of nitrogens with one attached hydrogen (secondary N) is 1. The summed E-state index contributed by atoms with van der Waals surface area (Å²) in [6, 6.07) is 15.9. The Labute approximate surface area is 207 Å². The molecule has 2 aromatic heterocycles. The molecule has 4 heterocycles. The van der Waals surface area contributed by atoms with E-state index in [0.717, 1.165) is 34.4 Å². The zero-order valence-corrected chi connectivity index (χ0v) is 19.9. The topological polar surface area (TPSA) is 119 Å². The fraction of sp³-hybridized carbons (Fsp3) is 0.296. The molecular weight excluding hydrogens is 456 g/mol. The van der Waals surface area contributed by atoms with Crippen molar-refractivity contribution in [3.8, 4) is 22.5 Å². The minimum Gasteiger partial charge on any atom is -0.479 e. The van der Waals surface area contributed by atoms with Gasteiger partial charge < -0.3 is 5.11 Å². The Morgan fingerprint density at radius 1 is 1.17 bits per heavy atom. The number of allylic oxidation sites excluding steroid dienone is 1. The first-order valence-electron chi connectivity index (χ1n) is 12.2. The van der Waals surface area contributed by atoms with Gasteiger partial charge in [-0.15, -0.1) is 10.2 Å². The predicted molar refractivity (Wildman–Crippen MR) is 134 cm³/mol. The van der Waals surface area contributed by atoms with E-state index >= 15 is 0 Å². The van der Waals surface area contributed by atoms with E-state index in [1.54, 1.807) is 15.4 Å². The first kappa shape index (κ1) is 22.2. The molecule has 4 aromatic rings. The summed E-state index contributed by atoms with van der Waals surface area (Å²) in [5.41, 5.74) is 4.14. The van der Waals surface area contributed by atoms with Crippen molar-refractivity contribution in [2.24, 2.45) is 0 Å². The predicted octanol–water partition coefficient (Wildman–Crippen LogP) is 3.72. The number of hydrogen-bond acceptors (Lipinski definition) is 5. The monoisotopic (exact) mass is 482 g/mol. The highest BCUT2D eigenvalue weighted by Gasteiger charge is 2.49. The first-order valence-corrected chi connectivity index (χ1v) is 12.2. The summed E-state index contributed by atoms with van der Waals surface area (Å²) < 4.78 is 3.48. The van der Waals surface area contributed by atoms with Gasteiger partial charge in [-0.1, -0.05) is 68.0 Å². The molecule has 0 spiro atoms. The Morgan fingerprint density at radius 2 is 1.94 bits per heavy atom. The van der Waals surface area contributed by atoms with Crippen LogP contribution in [0, 0.1) is 0 Å². The van der Waals surface area contributed by atoms with Crippen molar-refractivity contribution in [3.05, 3.63) is 87.9 Å². The molecule has 0 amide bonds. The summed E-state index contributed by atoms with van der Waals surface area (Å²) in [5, 5.41) is 24.6. The number of benzene rings is 2. The van der Waals surface area contributed by atoms with Gasteiger partial charge in [0.1, 0.15) is 0 Å². The SMILES string of the molecule is CCCc1c(Cc2ccc(-c3ccccc3-c3nn[nH]n3)cc2)c(=O)n2n1C1(C(=O)O)C=CC2CC1. The second kappa shape index (κ2) is 8.44. The van der Waals surface area contributed by atoms with Crippen LogP contribution >= 0.6 is 0 Å². The number of nitrogens with zero attached hydrogens (tertiary/aromatic N) is 5. The maximum absolute atomic E-state index is 13.6. The van der Waals surface area contributed by atoms with Crippen LogP contribution in [0.2, 0.25) is 0 Å². The van der Waals surface area contributed by atoms with Crippen LogP contribution in [0.25, 0.3) is 22.5 Å². The number of carboxylic acid groups (broad SMARTS) is 1. The maximum Gasteiger partial charge on any atom is 0.335 e. The van der Waals surface area contributed by atoms with Gasteiger partial charge in [0.2, 0.25) is 5.82 Å². The molecule has 2 bridgehead atoms. The molecule has 1 aliphatic carbocycles. The molecule has 0 saturated carbocycles. The molecule has 2 unspecified atom stereocenters. The summed E-state index contributed by atoms with van der Waals surface area (Å²) in [6.07, 6.45) is 6.76. The van der Waals surface area contributed by atoms with E-state index in [0.29, 0.717) is 37.1 Å². The number of carbonyl (C=O) groups is 1. The quantitative estimate of drug-likeness (QED) is 0.388. The Kier molecular flexibility index (Phi) is 5.21. The first-order chi connectivity index (χ1) is 17.5. The summed E-state index contributed by atoms with van der Waals surface area (Å²) in [6.45, 7) is 2.05. The van der Waals surface area contributed by atoms with E-state index in [4.69, 9.17) is 0 Å². The molecule has 182 valence electrons. The van der Waals surface area contributed by atoms with Gasteiger partial charge in [-0.05, 0) is 47.2 Å². The zero-order valence-electron chi connectivity index (χ0n) is 19.9. The molecule has 36 heavy (non-hydrogen) atoms. The number of rotatable bonds is 7. The molecule has 2 N–H and O–H groups in total. The highest BCUT2D eigenvalue weighted by molar-refractivity contribution is 5.81. The van der Waals surface area contributed by atoms with E-state index in [1.165, 1.54) is 0 Å². The van der Waals surface area contributed by atoms with Gasteiger partial charge in [0, 0.05) is 23.2 Å². The Bertz CT molecular complexity index is 1530. The van der Waals surface area contributed by atoms with Crippen LogP contribution in [-0.4, -0.2) is 41.1 Å². The third kappa shape index (κ3) is 3.26. The van der Waals surface area contributed by atoms with Gasteiger partial charge in [0.15, 0.2) is 5.54 Å². The molecule has 2 aliphatic heterocycles. The van der Waals surface area contributed by atoms with E-state index < -0.39 is 11.5 Å². The lowest BCUT2D eigenvalue weighted by molar-refractivity contribution is -0.148.